The molecule has 3 aromatic rings. The largest absolute Gasteiger partial charge is 0.378 e. The first-order chi connectivity index (χ1) is 14.5. The van der Waals surface area contributed by atoms with Crippen molar-refractivity contribution < 1.29 is 9.59 Å². The van der Waals surface area contributed by atoms with Crippen molar-refractivity contribution in [3.05, 3.63) is 83.7 Å². The minimum absolute atomic E-state index is 0.0770. The first-order valence-electron chi connectivity index (χ1n) is 9.96. The summed E-state index contributed by atoms with van der Waals surface area (Å²) in [7, 11) is 3.92. The Balaban J connectivity index is 1.56. The minimum Gasteiger partial charge on any atom is -0.378 e. The zero-order chi connectivity index (χ0) is 21.1. The van der Waals surface area contributed by atoms with Crippen LogP contribution in [0.1, 0.15) is 32.7 Å². The monoisotopic (exact) mass is 400 g/mol. The van der Waals surface area contributed by atoms with Gasteiger partial charge in [-0.3, -0.25) is 14.6 Å². The summed E-state index contributed by atoms with van der Waals surface area (Å²) in [6, 6.07) is 16.7. The van der Waals surface area contributed by atoms with Crippen LogP contribution in [-0.4, -0.2) is 37.4 Å². The third-order valence-corrected chi connectivity index (χ3v) is 5.26. The van der Waals surface area contributed by atoms with Gasteiger partial charge in [0, 0.05) is 55.7 Å². The van der Waals surface area contributed by atoms with Crippen LogP contribution in [0.15, 0.2) is 67.0 Å². The van der Waals surface area contributed by atoms with Crippen LogP contribution in [0.25, 0.3) is 0 Å². The summed E-state index contributed by atoms with van der Waals surface area (Å²) in [6.07, 6.45) is 5.05. The van der Waals surface area contributed by atoms with E-state index in [0.29, 0.717) is 23.4 Å². The Morgan fingerprint density at radius 2 is 1.83 bits per heavy atom. The topological polar surface area (TPSA) is 65.5 Å². The average molecular weight is 400 g/mol. The molecule has 0 atom stereocenters. The predicted octanol–water partition coefficient (Wildman–Crippen LogP) is 3.99. The first-order valence-corrected chi connectivity index (χ1v) is 9.96. The van der Waals surface area contributed by atoms with Gasteiger partial charge in [0.25, 0.3) is 11.8 Å². The standard InChI is InChI=1S/C24H24N4O2/c1-27(2)21-11-8-18(9-12-21)23(29)26-20-10-7-17-6-4-14-28(22(17)15-20)24(30)19-5-3-13-25-16-19/h3,5,7-13,15-16H,4,6,14H2,1-2H3,(H,26,29). The molecule has 30 heavy (non-hydrogen) atoms. The second-order valence-corrected chi connectivity index (χ2v) is 7.54. The number of aryl methyl sites for hydroxylation is 1. The second kappa shape index (κ2) is 8.37. The Labute approximate surface area is 176 Å². The van der Waals surface area contributed by atoms with E-state index in [1.807, 2.05) is 49.3 Å². The van der Waals surface area contributed by atoms with Crippen LogP contribution in [0, 0.1) is 0 Å². The van der Waals surface area contributed by atoms with Crippen LogP contribution in [0.3, 0.4) is 0 Å². The third kappa shape index (κ3) is 4.03. The van der Waals surface area contributed by atoms with Crippen LogP contribution < -0.4 is 15.1 Å². The number of benzene rings is 2. The van der Waals surface area contributed by atoms with E-state index in [0.717, 1.165) is 29.8 Å². The molecular formula is C24H24N4O2. The molecule has 0 aliphatic carbocycles. The number of carbonyl (C=O) groups is 2. The van der Waals surface area contributed by atoms with Gasteiger partial charge in [0.2, 0.25) is 0 Å². The van der Waals surface area contributed by atoms with Crippen molar-refractivity contribution >= 4 is 28.9 Å². The molecule has 152 valence electrons. The number of aromatic nitrogens is 1. The van der Waals surface area contributed by atoms with Gasteiger partial charge in [-0.25, -0.2) is 0 Å². The summed E-state index contributed by atoms with van der Waals surface area (Å²) in [5.41, 5.74) is 4.79. The molecule has 6 heteroatoms. The van der Waals surface area contributed by atoms with E-state index in [2.05, 4.69) is 10.3 Å². The van der Waals surface area contributed by atoms with Crippen molar-refractivity contribution in [2.24, 2.45) is 0 Å². The van der Waals surface area contributed by atoms with E-state index in [-0.39, 0.29) is 11.8 Å². The molecule has 0 unspecified atom stereocenters. The molecule has 1 aromatic heterocycles. The smallest absolute Gasteiger partial charge is 0.259 e. The number of hydrogen-bond donors (Lipinski definition) is 1. The molecule has 0 saturated heterocycles. The van der Waals surface area contributed by atoms with Crippen molar-refractivity contribution in [3.8, 4) is 0 Å². The molecule has 0 fully saturated rings. The fourth-order valence-electron chi connectivity index (χ4n) is 3.62. The van der Waals surface area contributed by atoms with Crippen molar-refractivity contribution in [2.75, 3.05) is 35.8 Å². The maximum absolute atomic E-state index is 13.0. The molecule has 0 spiro atoms. The van der Waals surface area contributed by atoms with E-state index in [4.69, 9.17) is 0 Å². The van der Waals surface area contributed by atoms with Gasteiger partial charge in [-0.1, -0.05) is 6.07 Å². The molecule has 0 radical (unpaired) electrons. The SMILES string of the molecule is CN(C)c1ccc(C(=O)Nc2ccc3c(c2)N(C(=O)c2cccnc2)CCC3)cc1. The number of rotatable bonds is 4. The average Bonchev–Trinajstić information content (AvgIpc) is 2.78. The highest BCUT2D eigenvalue weighted by molar-refractivity contribution is 6.08. The number of nitrogens with one attached hydrogen (secondary N) is 1. The summed E-state index contributed by atoms with van der Waals surface area (Å²) >= 11 is 0. The first kappa shape index (κ1) is 19.6. The predicted molar refractivity (Wildman–Crippen MR) is 119 cm³/mol. The summed E-state index contributed by atoms with van der Waals surface area (Å²) in [6.45, 7) is 0.643. The minimum atomic E-state index is -0.179. The Morgan fingerprint density at radius 1 is 1.03 bits per heavy atom. The van der Waals surface area contributed by atoms with Crippen molar-refractivity contribution in [1.29, 1.82) is 0 Å². The quantitative estimate of drug-likeness (QED) is 0.719. The zero-order valence-corrected chi connectivity index (χ0v) is 17.1. The van der Waals surface area contributed by atoms with E-state index in [1.54, 1.807) is 41.6 Å². The third-order valence-electron chi connectivity index (χ3n) is 5.26. The van der Waals surface area contributed by atoms with Crippen LogP contribution in [0.2, 0.25) is 0 Å². The van der Waals surface area contributed by atoms with Crippen LogP contribution >= 0.6 is 0 Å². The van der Waals surface area contributed by atoms with Gasteiger partial charge < -0.3 is 15.1 Å². The molecule has 0 saturated carbocycles. The fourth-order valence-corrected chi connectivity index (χ4v) is 3.62. The summed E-state index contributed by atoms with van der Waals surface area (Å²) in [5, 5.41) is 2.95. The van der Waals surface area contributed by atoms with Crippen molar-refractivity contribution in [1.82, 2.24) is 4.98 Å². The molecule has 1 aliphatic rings. The molecule has 2 amide bonds. The Hall–Kier alpha value is -3.67. The molecule has 2 aromatic carbocycles. The number of carbonyl (C=O) groups excluding carboxylic acids is 2. The van der Waals surface area contributed by atoms with E-state index in [9.17, 15) is 9.59 Å². The highest BCUT2D eigenvalue weighted by atomic mass is 16.2. The molecule has 1 aliphatic heterocycles. The molecule has 0 bridgehead atoms. The van der Waals surface area contributed by atoms with Crippen LogP contribution in [0.5, 0.6) is 0 Å². The van der Waals surface area contributed by atoms with Crippen LogP contribution in [0.4, 0.5) is 17.1 Å². The number of amides is 2. The van der Waals surface area contributed by atoms with E-state index < -0.39 is 0 Å². The van der Waals surface area contributed by atoms with Gasteiger partial charge in [0.05, 0.1) is 5.56 Å². The molecular weight excluding hydrogens is 376 g/mol. The lowest BCUT2D eigenvalue weighted by Crippen LogP contribution is -2.35. The Morgan fingerprint density at radius 3 is 2.53 bits per heavy atom. The molecule has 1 N–H and O–H groups in total. The highest BCUT2D eigenvalue weighted by Crippen LogP contribution is 2.31. The van der Waals surface area contributed by atoms with Gasteiger partial charge in [0.1, 0.15) is 0 Å². The van der Waals surface area contributed by atoms with E-state index in [1.165, 1.54) is 0 Å². The lowest BCUT2D eigenvalue weighted by Gasteiger charge is -2.30. The lowest BCUT2D eigenvalue weighted by molar-refractivity contribution is 0.0983. The maximum Gasteiger partial charge on any atom is 0.259 e. The van der Waals surface area contributed by atoms with Gasteiger partial charge in [-0.2, -0.15) is 0 Å². The molecule has 4 rings (SSSR count). The van der Waals surface area contributed by atoms with Crippen molar-refractivity contribution in [2.45, 2.75) is 12.8 Å². The lowest BCUT2D eigenvalue weighted by atomic mass is 10.00. The summed E-state index contributed by atoms with van der Waals surface area (Å²) in [5.74, 6) is -0.256. The van der Waals surface area contributed by atoms with Crippen molar-refractivity contribution in [3.63, 3.8) is 0 Å². The van der Waals surface area contributed by atoms with E-state index >= 15 is 0 Å². The van der Waals surface area contributed by atoms with Gasteiger partial charge in [-0.15, -0.1) is 0 Å². The zero-order valence-electron chi connectivity index (χ0n) is 17.1. The Bertz CT molecular complexity index is 1060. The number of fused-ring (bicyclic) bond motifs is 1. The molecule has 2 heterocycles. The highest BCUT2D eigenvalue weighted by Gasteiger charge is 2.24. The maximum atomic E-state index is 13.0. The number of anilines is 3. The van der Waals surface area contributed by atoms with Gasteiger partial charge in [-0.05, 0) is 66.9 Å². The van der Waals surface area contributed by atoms with Gasteiger partial charge in [0.15, 0.2) is 0 Å². The summed E-state index contributed by atoms with van der Waals surface area (Å²) < 4.78 is 0. The second-order valence-electron chi connectivity index (χ2n) is 7.54. The fraction of sp³-hybridized carbons (Fsp3) is 0.208. The normalized spacial score (nSPS) is 12.8. The molecule has 6 nitrogen and oxygen atoms in total. The number of pyridine rings is 1. The number of nitrogens with zero attached hydrogens (tertiary/aromatic N) is 3. The van der Waals surface area contributed by atoms with Crippen LogP contribution in [-0.2, 0) is 6.42 Å². The summed E-state index contributed by atoms with van der Waals surface area (Å²) in [4.78, 5) is 33.5. The number of hydrogen-bond acceptors (Lipinski definition) is 4. The Kier molecular flexibility index (Phi) is 5.48. The van der Waals surface area contributed by atoms with Gasteiger partial charge >= 0.3 is 0 Å².